The Morgan fingerprint density at radius 1 is 1.50 bits per heavy atom. The molecule has 1 heterocycles. The normalized spacial score (nSPS) is 10.4. The lowest BCUT2D eigenvalue weighted by molar-refractivity contribution is 0.111. The van der Waals surface area contributed by atoms with Gasteiger partial charge >= 0.3 is 0 Å². The van der Waals surface area contributed by atoms with E-state index < -0.39 is 0 Å². The van der Waals surface area contributed by atoms with E-state index in [-0.39, 0.29) is 11.5 Å². The summed E-state index contributed by atoms with van der Waals surface area (Å²) in [4.78, 5) is 10.4. The van der Waals surface area contributed by atoms with Crippen molar-refractivity contribution in [1.82, 2.24) is 15.0 Å². The molecule has 0 fully saturated rings. The van der Waals surface area contributed by atoms with Crippen LogP contribution in [0.4, 0.5) is 4.39 Å². The zero-order chi connectivity index (χ0) is 11.5. The van der Waals surface area contributed by atoms with Gasteiger partial charge in [0, 0.05) is 4.47 Å². The second-order valence-corrected chi connectivity index (χ2v) is 4.05. The largest absolute Gasteiger partial charge is 0.296 e. The standard InChI is InChI=1S/C10H7BrFN3O/c11-10-2-1-8(12)3-7(10)4-15-5-9(6-16)13-14-15/h1-3,5-6H,4H2. The van der Waals surface area contributed by atoms with Crippen molar-refractivity contribution in [2.45, 2.75) is 6.54 Å². The summed E-state index contributed by atoms with van der Waals surface area (Å²) in [5, 5.41) is 7.36. The number of carbonyl (C=O) groups is 1. The van der Waals surface area contributed by atoms with Gasteiger partial charge in [0.2, 0.25) is 0 Å². The Labute approximate surface area is 99.2 Å². The van der Waals surface area contributed by atoms with Gasteiger partial charge in [-0.1, -0.05) is 21.1 Å². The lowest BCUT2D eigenvalue weighted by Crippen LogP contribution is -2.01. The quantitative estimate of drug-likeness (QED) is 0.810. The van der Waals surface area contributed by atoms with Crippen LogP contribution >= 0.6 is 15.9 Å². The van der Waals surface area contributed by atoms with Gasteiger partial charge in [0.1, 0.15) is 11.5 Å². The Bertz CT molecular complexity index is 527. The highest BCUT2D eigenvalue weighted by Gasteiger charge is 2.05. The summed E-state index contributed by atoms with van der Waals surface area (Å²) < 4.78 is 15.3. The van der Waals surface area contributed by atoms with Crippen LogP contribution in [-0.4, -0.2) is 21.3 Å². The number of aldehydes is 1. The molecule has 0 aliphatic rings. The molecule has 0 saturated carbocycles. The summed E-state index contributed by atoms with van der Waals surface area (Å²) in [6.45, 7) is 0.360. The van der Waals surface area contributed by atoms with Crippen LogP contribution in [-0.2, 0) is 6.54 Å². The van der Waals surface area contributed by atoms with E-state index in [0.717, 1.165) is 10.0 Å². The number of aromatic nitrogens is 3. The molecule has 16 heavy (non-hydrogen) atoms. The van der Waals surface area contributed by atoms with Crippen molar-refractivity contribution < 1.29 is 9.18 Å². The zero-order valence-electron chi connectivity index (χ0n) is 8.10. The average molecular weight is 284 g/mol. The fourth-order valence-electron chi connectivity index (χ4n) is 1.28. The summed E-state index contributed by atoms with van der Waals surface area (Å²) in [6, 6.07) is 4.40. The number of halogens is 2. The maximum absolute atomic E-state index is 13.0. The van der Waals surface area contributed by atoms with Gasteiger partial charge in [-0.2, -0.15) is 0 Å². The zero-order valence-corrected chi connectivity index (χ0v) is 9.69. The van der Waals surface area contributed by atoms with Gasteiger partial charge in [-0.25, -0.2) is 9.07 Å². The summed E-state index contributed by atoms with van der Waals surface area (Å²) in [6.07, 6.45) is 2.12. The third kappa shape index (κ3) is 2.33. The third-order valence-electron chi connectivity index (χ3n) is 2.02. The van der Waals surface area contributed by atoms with Crippen LogP contribution in [0.5, 0.6) is 0 Å². The fourth-order valence-corrected chi connectivity index (χ4v) is 1.66. The van der Waals surface area contributed by atoms with Crippen LogP contribution in [0.2, 0.25) is 0 Å². The van der Waals surface area contributed by atoms with Gasteiger partial charge in [-0.3, -0.25) is 4.79 Å². The monoisotopic (exact) mass is 283 g/mol. The highest BCUT2D eigenvalue weighted by atomic mass is 79.9. The second-order valence-electron chi connectivity index (χ2n) is 3.19. The van der Waals surface area contributed by atoms with Gasteiger partial charge in [-0.05, 0) is 23.8 Å². The van der Waals surface area contributed by atoms with Gasteiger partial charge in [0.25, 0.3) is 0 Å². The molecule has 4 nitrogen and oxygen atoms in total. The van der Waals surface area contributed by atoms with Crippen LogP contribution < -0.4 is 0 Å². The molecule has 0 spiro atoms. The van der Waals surface area contributed by atoms with Crippen LogP contribution in [0.1, 0.15) is 16.1 Å². The SMILES string of the molecule is O=Cc1cn(Cc2cc(F)ccc2Br)nn1. The van der Waals surface area contributed by atoms with Gasteiger partial charge in [0.15, 0.2) is 6.29 Å². The Balaban J connectivity index is 2.26. The van der Waals surface area contributed by atoms with Crippen LogP contribution in [0.25, 0.3) is 0 Å². The minimum absolute atomic E-state index is 0.257. The lowest BCUT2D eigenvalue weighted by atomic mass is 10.2. The van der Waals surface area contributed by atoms with Crippen molar-refractivity contribution in [3.05, 3.63) is 45.9 Å². The van der Waals surface area contributed by atoms with Crippen LogP contribution in [0.3, 0.4) is 0 Å². The molecule has 2 aromatic rings. The summed E-state index contributed by atoms with van der Waals surface area (Å²) in [5.74, 6) is -0.311. The smallest absolute Gasteiger partial charge is 0.171 e. The predicted molar refractivity (Wildman–Crippen MR) is 58.6 cm³/mol. The van der Waals surface area contributed by atoms with E-state index in [1.54, 1.807) is 6.07 Å². The molecule has 1 aromatic carbocycles. The number of benzene rings is 1. The van der Waals surface area contributed by atoms with Crippen molar-refractivity contribution in [1.29, 1.82) is 0 Å². The van der Waals surface area contributed by atoms with Crippen LogP contribution in [0.15, 0.2) is 28.9 Å². The second kappa shape index (κ2) is 4.52. The molecule has 82 valence electrons. The van der Waals surface area contributed by atoms with E-state index in [1.165, 1.54) is 23.0 Å². The number of hydrogen-bond donors (Lipinski definition) is 0. The topological polar surface area (TPSA) is 47.8 Å². The van der Waals surface area contributed by atoms with E-state index in [2.05, 4.69) is 26.2 Å². The Morgan fingerprint density at radius 2 is 2.31 bits per heavy atom. The number of nitrogens with zero attached hydrogens (tertiary/aromatic N) is 3. The van der Waals surface area contributed by atoms with Crippen molar-refractivity contribution in [2.75, 3.05) is 0 Å². The molecule has 0 aliphatic carbocycles. The highest BCUT2D eigenvalue weighted by molar-refractivity contribution is 9.10. The number of carbonyl (C=O) groups excluding carboxylic acids is 1. The molecule has 0 amide bonds. The van der Waals surface area contributed by atoms with E-state index in [1.807, 2.05) is 0 Å². The van der Waals surface area contributed by atoms with E-state index in [9.17, 15) is 9.18 Å². The molecule has 0 saturated heterocycles. The first-order chi connectivity index (χ1) is 7.69. The molecular weight excluding hydrogens is 277 g/mol. The van der Waals surface area contributed by atoms with E-state index in [0.29, 0.717) is 12.8 Å². The van der Waals surface area contributed by atoms with Crippen molar-refractivity contribution in [2.24, 2.45) is 0 Å². The molecule has 6 heteroatoms. The third-order valence-corrected chi connectivity index (χ3v) is 2.79. The molecule has 0 radical (unpaired) electrons. The maximum Gasteiger partial charge on any atom is 0.171 e. The first-order valence-corrected chi connectivity index (χ1v) is 5.27. The van der Waals surface area contributed by atoms with E-state index in [4.69, 9.17) is 0 Å². The van der Waals surface area contributed by atoms with Gasteiger partial charge in [0.05, 0.1) is 12.7 Å². The number of hydrogen-bond acceptors (Lipinski definition) is 3. The molecule has 0 unspecified atom stereocenters. The van der Waals surface area contributed by atoms with Crippen molar-refractivity contribution in [3.8, 4) is 0 Å². The molecular formula is C10H7BrFN3O. The number of rotatable bonds is 3. The minimum atomic E-state index is -0.311. The Morgan fingerprint density at radius 3 is 3.00 bits per heavy atom. The first-order valence-electron chi connectivity index (χ1n) is 4.48. The van der Waals surface area contributed by atoms with E-state index >= 15 is 0 Å². The van der Waals surface area contributed by atoms with Gasteiger partial charge in [-0.15, -0.1) is 5.10 Å². The molecule has 1 aromatic heterocycles. The Kier molecular flexibility index (Phi) is 3.09. The Hall–Kier alpha value is -1.56. The average Bonchev–Trinajstić information content (AvgIpc) is 2.71. The predicted octanol–water partition coefficient (Wildman–Crippen LogP) is 2.04. The summed E-state index contributed by atoms with van der Waals surface area (Å²) in [7, 11) is 0. The molecule has 0 bridgehead atoms. The van der Waals surface area contributed by atoms with Crippen molar-refractivity contribution in [3.63, 3.8) is 0 Å². The molecule has 0 atom stereocenters. The highest BCUT2D eigenvalue weighted by Crippen LogP contribution is 2.18. The molecule has 0 aliphatic heterocycles. The maximum atomic E-state index is 13.0. The molecule has 0 N–H and O–H groups in total. The fraction of sp³-hybridized carbons (Fsp3) is 0.100. The lowest BCUT2D eigenvalue weighted by Gasteiger charge is -2.03. The molecule has 2 rings (SSSR count). The van der Waals surface area contributed by atoms with Crippen molar-refractivity contribution >= 4 is 22.2 Å². The van der Waals surface area contributed by atoms with Gasteiger partial charge < -0.3 is 0 Å². The first kappa shape index (κ1) is 10.9. The summed E-state index contributed by atoms with van der Waals surface area (Å²) >= 11 is 3.31. The summed E-state index contributed by atoms with van der Waals surface area (Å²) in [5.41, 5.74) is 0.995. The minimum Gasteiger partial charge on any atom is -0.296 e. The van der Waals surface area contributed by atoms with Crippen LogP contribution in [0, 0.1) is 5.82 Å².